The first-order chi connectivity index (χ1) is 9.83. The third kappa shape index (κ3) is 8.97. The second-order valence-corrected chi connectivity index (χ2v) is 5.93. The molecule has 0 aliphatic rings. The van der Waals surface area contributed by atoms with E-state index < -0.39 is 0 Å². The highest BCUT2D eigenvalue weighted by molar-refractivity contribution is 7.99. The fraction of sp³-hybridized carbons (Fsp3) is 0.625. The number of unbranched alkanes of at least 4 members (excludes halogenated alkanes) is 6. The number of hydrogen-bond acceptors (Lipinski definition) is 4. The molecule has 0 saturated carbocycles. The van der Waals surface area contributed by atoms with E-state index in [-0.39, 0.29) is 5.97 Å². The topological polar surface area (TPSA) is 39.2 Å². The molecule has 3 nitrogen and oxygen atoms in total. The van der Waals surface area contributed by atoms with Crippen LogP contribution in [-0.2, 0) is 9.53 Å². The zero-order valence-corrected chi connectivity index (χ0v) is 13.2. The van der Waals surface area contributed by atoms with Crippen LogP contribution in [0, 0.1) is 0 Å². The van der Waals surface area contributed by atoms with Gasteiger partial charge in [-0.1, -0.05) is 38.2 Å². The number of methoxy groups -OCH3 is 1. The monoisotopic (exact) mass is 295 g/mol. The highest BCUT2D eigenvalue weighted by Gasteiger charge is 1.99. The number of hydrogen-bond donors (Lipinski definition) is 0. The van der Waals surface area contributed by atoms with Crippen LogP contribution in [0.25, 0.3) is 0 Å². The molecule has 0 aliphatic heterocycles. The molecule has 0 aromatic carbocycles. The van der Waals surface area contributed by atoms with Crippen molar-refractivity contribution in [1.82, 2.24) is 4.98 Å². The van der Waals surface area contributed by atoms with Crippen molar-refractivity contribution in [2.45, 2.75) is 56.4 Å². The maximum atomic E-state index is 10.9. The van der Waals surface area contributed by atoms with Crippen LogP contribution in [0.2, 0.25) is 0 Å². The van der Waals surface area contributed by atoms with Gasteiger partial charge in [-0.15, -0.1) is 11.8 Å². The SMILES string of the molecule is COC(=O)CCCCCCCCCSc1ccccn1. The number of esters is 1. The van der Waals surface area contributed by atoms with Gasteiger partial charge in [0.15, 0.2) is 0 Å². The third-order valence-corrected chi connectivity index (χ3v) is 4.17. The zero-order chi connectivity index (χ0) is 14.5. The molecule has 0 saturated heterocycles. The summed E-state index contributed by atoms with van der Waals surface area (Å²) in [7, 11) is 1.45. The number of ether oxygens (including phenoxy) is 1. The summed E-state index contributed by atoms with van der Waals surface area (Å²) >= 11 is 1.84. The van der Waals surface area contributed by atoms with Crippen molar-refractivity contribution in [1.29, 1.82) is 0 Å². The largest absolute Gasteiger partial charge is 0.469 e. The van der Waals surface area contributed by atoms with Crippen LogP contribution in [0.15, 0.2) is 29.4 Å². The summed E-state index contributed by atoms with van der Waals surface area (Å²) in [6, 6.07) is 6.04. The van der Waals surface area contributed by atoms with Gasteiger partial charge in [0, 0.05) is 12.6 Å². The van der Waals surface area contributed by atoms with E-state index in [0.29, 0.717) is 6.42 Å². The van der Waals surface area contributed by atoms with Gasteiger partial charge in [0.2, 0.25) is 0 Å². The summed E-state index contributed by atoms with van der Waals surface area (Å²) in [5.41, 5.74) is 0. The molecule has 0 unspecified atom stereocenters. The van der Waals surface area contributed by atoms with Gasteiger partial charge >= 0.3 is 5.97 Å². The summed E-state index contributed by atoms with van der Waals surface area (Å²) in [6.45, 7) is 0. The van der Waals surface area contributed by atoms with Gasteiger partial charge in [0.05, 0.1) is 12.1 Å². The molecule has 1 heterocycles. The quantitative estimate of drug-likeness (QED) is 0.343. The van der Waals surface area contributed by atoms with E-state index >= 15 is 0 Å². The molecular weight excluding hydrogens is 270 g/mol. The zero-order valence-electron chi connectivity index (χ0n) is 12.3. The van der Waals surface area contributed by atoms with Gasteiger partial charge in [-0.25, -0.2) is 4.98 Å². The number of nitrogens with zero attached hydrogens (tertiary/aromatic N) is 1. The van der Waals surface area contributed by atoms with E-state index in [1.165, 1.54) is 39.2 Å². The summed E-state index contributed by atoms with van der Waals surface area (Å²) in [6.07, 6.45) is 10.8. The highest BCUT2D eigenvalue weighted by Crippen LogP contribution is 2.17. The maximum absolute atomic E-state index is 10.9. The molecule has 0 atom stereocenters. The third-order valence-electron chi connectivity index (χ3n) is 3.14. The van der Waals surface area contributed by atoms with Gasteiger partial charge in [0.25, 0.3) is 0 Å². The Morgan fingerprint density at radius 3 is 2.45 bits per heavy atom. The number of rotatable bonds is 11. The summed E-state index contributed by atoms with van der Waals surface area (Å²) in [5.74, 6) is 1.07. The molecule has 1 rings (SSSR count). The Morgan fingerprint density at radius 1 is 1.10 bits per heavy atom. The molecule has 1 aromatic heterocycles. The van der Waals surface area contributed by atoms with Crippen molar-refractivity contribution in [3.8, 4) is 0 Å². The molecule has 0 N–H and O–H groups in total. The minimum Gasteiger partial charge on any atom is -0.469 e. The van der Waals surface area contributed by atoms with E-state index in [4.69, 9.17) is 0 Å². The second kappa shape index (κ2) is 11.8. The molecule has 112 valence electrons. The van der Waals surface area contributed by atoms with E-state index in [1.807, 2.05) is 30.1 Å². The molecule has 20 heavy (non-hydrogen) atoms. The number of carbonyl (C=O) groups excluding carboxylic acids is 1. The minimum absolute atomic E-state index is 0.0865. The van der Waals surface area contributed by atoms with E-state index in [0.717, 1.165) is 23.6 Å². The lowest BCUT2D eigenvalue weighted by molar-refractivity contribution is -0.140. The molecule has 1 aromatic rings. The van der Waals surface area contributed by atoms with Crippen molar-refractivity contribution in [3.05, 3.63) is 24.4 Å². The Morgan fingerprint density at radius 2 is 1.80 bits per heavy atom. The smallest absolute Gasteiger partial charge is 0.305 e. The summed E-state index contributed by atoms with van der Waals surface area (Å²) in [5, 5.41) is 1.12. The van der Waals surface area contributed by atoms with Crippen LogP contribution in [-0.4, -0.2) is 23.8 Å². The fourth-order valence-electron chi connectivity index (χ4n) is 1.97. The van der Waals surface area contributed by atoms with Crippen molar-refractivity contribution in [2.75, 3.05) is 12.9 Å². The molecule has 0 aliphatic carbocycles. The Bertz CT molecular complexity index is 357. The lowest BCUT2D eigenvalue weighted by atomic mass is 10.1. The first kappa shape index (κ1) is 17.0. The Hall–Kier alpha value is -1.03. The molecule has 0 fully saturated rings. The van der Waals surface area contributed by atoms with Crippen LogP contribution in [0.1, 0.15) is 51.4 Å². The predicted octanol–water partition coefficient (Wildman–Crippen LogP) is 4.47. The highest BCUT2D eigenvalue weighted by atomic mass is 32.2. The predicted molar refractivity (Wildman–Crippen MR) is 83.9 cm³/mol. The normalized spacial score (nSPS) is 10.4. The van der Waals surface area contributed by atoms with Crippen LogP contribution in [0.5, 0.6) is 0 Å². The van der Waals surface area contributed by atoms with Gasteiger partial charge in [0.1, 0.15) is 0 Å². The maximum Gasteiger partial charge on any atom is 0.305 e. The average molecular weight is 295 g/mol. The molecule has 0 radical (unpaired) electrons. The summed E-state index contributed by atoms with van der Waals surface area (Å²) < 4.78 is 4.61. The Balaban J connectivity index is 1.82. The second-order valence-electron chi connectivity index (χ2n) is 4.82. The first-order valence-corrected chi connectivity index (χ1v) is 8.42. The van der Waals surface area contributed by atoms with Crippen molar-refractivity contribution < 1.29 is 9.53 Å². The molecule has 4 heteroatoms. The number of aromatic nitrogens is 1. The van der Waals surface area contributed by atoms with Gasteiger partial charge in [-0.2, -0.15) is 0 Å². The Labute approximate surface area is 126 Å². The van der Waals surface area contributed by atoms with Gasteiger partial charge in [-0.05, 0) is 30.7 Å². The van der Waals surface area contributed by atoms with Gasteiger partial charge < -0.3 is 4.74 Å². The van der Waals surface area contributed by atoms with Gasteiger partial charge in [-0.3, -0.25) is 4.79 Å². The standard InChI is InChI=1S/C16H25NO2S/c1-19-16(18)12-7-5-3-2-4-6-10-14-20-15-11-8-9-13-17-15/h8-9,11,13H,2-7,10,12,14H2,1H3. The average Bonchev–Trinajstić information content (AvgIpc) is 2.50. The van der Waals surface area contributed by atoms with Crippen LogP contribution < -0.4 is 0 Å². The number of thioether (sulfide) groups is 1. The van der Waals surface area contributed by atoms with Crippen LogP contribution >= 0.6 is 11.8 Å². The first-order valence-electron chi connectivity index (χ1n) is 7.43. The molecule has 0 spiro atoms. The fourth-order valence-corrected chi connectivity index (χ4v) is 2.83. The van der Waals surface area contributed by atoms with Crippen molar-refractivity contribution in [2.24, 2.45) is 0 Å². The molecular formula is C16H25NO2S. The van der Waals surface area contributed by atoms with Crippen molar-refractivity contribution in [3.63, 3.8) is 0 Å². The molecule has 0 amide bonds. The Kier molecular flexibility index (Phi) is 10.0. The van der Waals surface area contributed by atoms with Crippen LogP contribution in [0.4, 0.5) is 0 Å². The van der Waals surface area contributed by atoms with Crippen LogP contribution in [0.3, 0.4) is 0 Å². The van der Waals surface area contributed by atoms with E-state index in [1.54, 1.807) is 0 Å². The number of pyridine rings is 1. The summed E-state index contributed by atoms with van der Waals surface area (Å²) in [4.78, 5) is 15.2. The lowest BCUT2D eigenvalue weighted by Gasteiger charge is -2.02. The minimum atomic E-state index is -0.0865. The number of carbonyl (C=O) groups is 1. The van der Waals surface area contributed by atoms with Crippen molar-refractivity contribution >= 4 is 17.7 Å². The van der Waals surface area contributed by atoms with E-state index in [2.05, 4.69) is 15.8 Å². The molecule has 0 bridgehead atoms. The lowest BCUT2D eigenvalue weighted by Crippen LogP contribution is -1.99. The van der Waals surface area contributed by atoms with E-state index in [9.17, 15) is 4.79 Å².